The zero-order chi connectivity index (χ0) is 21.2. The SMILES string of the molecule is COC(=O)CCc1c(C(=O)OC(C)(C)C)[nH]c(/C=C2\OC(=O)C(C)=C2C)c1C. The second-order valence-electron chi connectivity index (χ2n) is 7.74. The van der Waals surface area contributed by atoms with Crippen LogP contribution in [-0.4, -0.2) is 35.6 Å². The van der Waals surface area contributed by atoms with Crippen LogP contribution in [0.5, 0.6) is 0 Å². The summed E-state index contributed by atoms with van der Waals surface area (Å²) < 4.78 is 15.5. The molecule has 0 bridgehead atoms. The number of ether oxygens (including phenoxy) is 3. The summed E-state index contributed by atoms with van der Waals surface area (Å²) in [5.74, 6) is -0.824. The number of aromatic nitrogens is 1. The van der Waals surface area contributed by atoms with Gasteiger partial charge in [-0.3, -0.25) is 4.79 Å². The highest BCUT2D eigenvalue weighted by atomic mass is 16.6. The van der Waals surface area contributed by atoms with Crippen molar-refractivity contribution < 1.29 is 28.6 Å². The van der Waals surface area contributed by atoms with Crippen LogP contribution in [0.4, 0.5) is 0 Å². The van der Waals surface area contributed by atoms with Crippen molar-refractivity contribution in [1.82, 2.24) is 4.98 Å². The highest BCUT2D eigenvalue weighted by Gasteiger charge is 2.27. The van der Waals surface area contributed by atoms with Gasteiger partial charge in [-0.2, -0.15) is 0 Å². The number of carbonyl (C=O) groups is 3. The highest BCUT2D eigenvalue weighted by Crippen LogP contribution is 2.30. The molecule has 1 aromatic rings. The summed E-state index contributed by atoms with van der Waals surface area (Å²) in [6.45, 7) is 10.7. The van der Waals surface area contributed by atoms with Crippen molar-refractivity contribution in [2.24, 2.45) is 0 Å². The Morgan fingerprint density at radius 2 is 1.79 bits per heavy atom. The Morgan fingerprint density at radius 3 is 2.29 bits per heavy atom. The maximum absolute atomic E-state index is 12.7. The molecule has 2 rings (SSSR count). The molecule has 0 atom stereocenters. The van der Waals surface area contributed by atoms with Crippen LogP contribution >= 0.6 is 0 Å². The maximum atomic E-state index is 12.7. The summed E-state index contributed by atoms with van der Waals surface area (Å²) in [6.07, 6.45) is 2.14. The number of hydrogen-bond donors (Lipinski definition) is 1. The maximum Gasteiger partial charge on any atom is 0.355 e. The fourth-order valence-electron chi connectivity index (χ4n) is 2.80. The summed E-state index contributed by atoms with van der Waals surface area (Å²) in [4.78, 5) is 39.1. The lowest BCUT2D eigenvalue weighted by atomic mass is 10.0. The van der Waals surface area contributed by atoms with Crippen molar-refractivity contribution in [3.63, 3.8) is 0 Å². The van der Waals surface area contributed by atoms with Crippen molar-refractivity contribution in [3.8, 4) is 0 Å². The first kappa shape index (κ1) is 21.5. The number of cyclic esters (lactones) is 1. The molecule has 0 aromatic carbocycles. The number of hydrogen-bond acceptors (Lipinski definition) is 6. The van der Waals surface area contributed by atoms with E-state index in [1.54, 1.807) is 40.7 Å². The Morgan fingerprint density at radius 1 is 1.14 bits per heavy atom. The van der Waals surface area contributed by atoms with Crippen LogP contribution in [-0.2, 0) is 30.2 Å². The van der Waals surface area contributed by atoms with Gasteiger partial charge in [0.05, 0.1) is 7.11 Å². The molecule has 1 N–H and O–H groups in total. The zero-order valence-corrected chi connectivity index (χ0v) is 17.4. The number of H-pyrrole nitrogens is 1. The molecule has 0 spiro atoms. The largest absolute Gasteiger partial charge is 0.469 e. The van der Waals surface area contributed by atoms with Gasteiger partial charge >= 0.3 is 17.9 Å². The fraction of sp³-hybridized carbons (Fsp3) is 0.476. The summed E-state index contributed by atoms with van der Waals surface area (Å²) in [7, 11) is 1.32. The van der Waals surface area contributed by atoms with Gasteiger partial charge in [0, 0.05) is 29.3 Å². The monoisotopic (exact) mass is 389 g/mol. The first-order valence-electron chi connectivity index (χ1n) is 9.08. The van der Waals surface area contributed by atoms with Gasteiger partial charge in [-0.05, 0) is 59.1 Å². The molecule has 1 aliphatic rings. The van der Waals surface area contributed by atoms with E-state index in [1.165, 1.54) is 7.11 Å². The van der Waals surface area contributed by atoms with E-state index in [-0.39, 0.29) is 24.1 Å². The van der Waals surface area contributed by atoms with Crippen LogP contribution in [0.15, 0.2) is 16.9 Å². The van der Waals surface area contributed by atoms with Crippen molar-refractivity contribution in [3.05, 3.63) is 39.4 Å². The van der Waals surface area contributed by atoms with Gasteiger partial charge in [0.15, 0.2) is 0 Å². The molecule has 0 unspecified atom stereocenters. The van der Waals surface area contributed by atoms with Crippen molar-refractivity contribution in [1.29, 1.82) is 0 Å². The van der Waals surface area contributed by atoms with Crippen LogP contribution in [0.25, 0.3) is 6.08 Å². The standard InChI is InChI=1S/C21H27NO6/c1-11-12(2)19(24)27-16(11)10-15-13(3)14(8-9-17(23)26-7)18(22-15)20(25)28-21(4,5)6/h10,22H,8-9H2,1-7H3/b16-10-. The van der Waals surface area contributed by atoms with Gasteiger partial charge in [-0.1, -0.05) is 0 Å². The number of esters is 3. The van der Waals surface area contributed by atoms with Crippen LogP contribution in [0.1, 0.15) is 68.3 Å². The Kier molecular flexibility index (Phi) is 6.17. The minimum atomic E-state index is -0.661. The average molecular weight is 389 g/mol. The van der Waals surface area contributed by atoms with Crippen molar-refractivity contribution in [2.45, 2.75) is 60.0 Å². The lowest BCUT2D eigenvalue weighted by Gasteiger charge is -2.19. The van der Waals surface area contributed by atoms with Gasteiger partial charge in [-0.25, -0.2) is 9.59 Å². The van der Waals surface area contributed by atoms with E-state index in [2.05, 4.69) is 4.98 Å². The summed E-state index contributed by atoms with van der Waals surface area (Å²) in [6, 6.07) is 0. The molecule has 2 heterocycles. The highest BCUT2D eigenvalue weighted by molar-refractivity contribution is 5.95. The van der Waals surface area contributed by atoms with Gasteiger partial charge in [0.25, 0.3) is 0 Å². The summed E-state index contributed by atoms with van der Waals surface area (Å²) in [5.41, 5.74) is 3.00. The minimum Gasteiger partial charge on any atom is -0.469 e. The van der Waals surface area contributed by atoms with E-state index in [1.807, 2.05) is 6.92 Å². The van der Waals surface area contributed by atoms with Crippen LogP contribution in [0.2, 0.25) is 0 Å². The molecule has 0 aliphatic carbocycles. The number of methoxy groups -OCH3 is 1. The predicted molar refractivity (Wildman–Crippen MR) is 103 cm³/mol. The van der Waals surface area contributed by atoms with Gasteiger partial charge in [0.1, 0.15) is 17.1 Å². The van der Waals surface area contributed by atoms with E-state index in [0.29, 0.717) is 29.0 Å². The normalized spacial score (nSPS) is 15.8. The number of allylic oxidation sites excluding steroid dienone is 1. The predicted octanol–water partition coefficient (Wildman–Crippen LogP) is 3.62. The Labute approximate surface area is 164 Å². The molecule has 7 nitrogen and oxygen atoms in total. The topological polar surface area (TPSA) is 94.7 Å². The number of rotatable bonds is 5. The molecule has 1 aliphatic heterocycles. The summed E-state index contributed by atoms with van der Waals surface area (Å²) in [5, 5.41) is 0. The van der Waals surface area contributed by atoms with E-state index < -0.39 is 11.6 Å². The number of carbonyl (C=O) groups excluding carboxylic acids is 3. The third kappa shape index (κ3) is 4.71. The van der Waals surface area contributed by atoms with Crippen molar-refractivity contribution in [2.75, 3.05) is 7.11 Å². The lowest BCUT2D eigenvalue weighted by Crippen LogP contribution is -2.24. The van der Waals surface area contributed by atoms with E-state index in [4.69, 9.17) is 14.2 Å². The Hall–Kier alpha value is -2.83. The Bertz CT molecular complexity index is 879. The van der Waals surface area contributed by atoms with Gasteiger partial charge in [0.2, 0.25) is 0 Å². The molecule has 0 saturated carbocycles. The van der Waals surface area contributed by atoms with Crippen molar-refractivity contribution >= 4 is 24.0 Å². The second-order valence-corrected chi connectivity index (χ2v) is 7.74. The van der Waals surface area contributed by atoms with Crippen LogP contribution < -0.4 is 0 Å². The number of aromatic amines is 1. The minimum absolute atomic E-state index is 0.133. The fourth-order valence-corrected chi connectivity index (χ4v) is 2.80. The lowest BCUT2D eigenvalue weighted by molar-refractivity contribution is -0.140. The molecule has 0 saturated heterocycles. The second kappa shape index (κ2) is 8.04. The third-order valence-corrected chi connectivity index (χ3v) is 4.54. The molecule has 0 amide bonds. The zero-order valence-electron chi connectivity index (χ0n) is 17.4. The van der Waals surface area contributed by atoms with Gasteiger partial charge < -0.3 is 19.2 Å². The molecule has 0 radical (unpaired) electrons. The smallest absolute Gasteiger partial charge is 0.355 e. The van der Waals surface area contributed by atoms with Crippen LogP contribution in [0, 0.1) is 6.92 Å². The Balaban J connectivity index is 2.46. The quantitative estimate of drug-likeness (QED) is 0.610. The molecule has 7 heteroatoms. The van der Waals surface area contributed by atoms with E-state index in [0.717, 1.165) is 11.1 Å². The first-order chi connectivity index (χ1) is 12.9. The van der Waals surface area contributed by atoms with Crippen LogP contribution in [0.3, 0.4) is 0 Å². The molecular weight excluding hydrogens is 362 g/mol. The molecule has 1 aromatic heterocycles. The van der Waals surface area contributed by atoms with Gasteiger partial charge in [-0.15, -0.1) is 0 Å². The average Bonchev–Trinajstić information content (AvgIpc) is 3.03. The van der Waals surface area contributed by atoms with E-state index >= 15 is 0 Å². The first-order valence-corrected chi connectivity index (χ1v) is 9.08. The third-order valence-electron chi connectivity index (χ3n) is 4.54. The molecule has 28 heavy (non-hydrogen) atoms. The molecule has 0 fully saturated rings. The van der Waals surface area contributed by atoms with E-state index in [9.17, 15) is 14.4 Å². The molecule has 152 valence electrons. The summed E-state index contributed by atoms with van der Waals surface area (Å²) >= 11 is 0. The molecular formula is C21H27NO6. The number of nitrogens with one attached hydrogen (secondary N) is 1.